The highest BCUT2D eigenvalue weighted by atomic mass is 32.2. The van der Waals surface area contributed by atoms with Crippen LogP contribution in [0.15, 0.2) is 89.8 Å². The van der Waals surface area contributed by atoms with Crippen molar-refractivity contribution in [2.75, 3.05) is 11.4 Å². The average molecular weight is 451 g/mol. The standard InChI is InChI=1S/C24H22N2O3S2/c1-17(18-9-5-3-6-10-18)25-24(27)23-16-19-15-20(13-14-22(19)30-23)26(2)31(28,29)21-11-7-4-8-12-21/h3-17H,1-2H3,(H,25,27)/t17-/m1/s1. The summed E-state index contributed by atoms with van der Waals surface area (Å²) in [6.45, 7) is 1.95. The lowest BCUT2D eigenvalue weighted by Crippen LogP contribution is -2.26. The molecule has 1 amide bonds. The molecule has 158 valence electrons. The van der Waals surface area contributed by atoms with Gasteiger partial charge in [0, 0.05) is 11.7 Å². The van der Waals surface area contributed by atoms with Crippen LogP contribution in [-0.2, 0) is 10.0 Å². The molecule has 0 radical (unpaired) electrons. The highest BCUT2D eigenvalue weighted by Gasteiger charge is 2.22. The maximum Gasteiger partial charge on any atom is 0.264 e. The number of benzene rings is 3. The predicted molar refractivity (Wildman–Crippen MR) is 126 cm³/mol. The Morgan fingerprint density at radius 3 is 2.26 bits per heavy atom. The quantitative estimate of drug-likeness (QED) is 0.438. The molecular formula is C24H22N2O3S2. The Kier molecular flexibility index (Phi) is 5.80. The number of anilines is 1. The number of nitrogens with one attached hydrogen (secondary N) is 1. The van der Waals surface area contributed by atoms with Gasteiger partial charge in [0.2, 0.25) is 0 Å². The van der Waals surface area contributed by atoms with Gasteiger partial charge in [-0.15, -0.1) is 11.3 Å². The number of amides is 1. The number of nitrogens with zero attached hydrogens (tertiary/aromatic N) is 1. The molecule has 0 fully saturated rings. The van der Waals surface area contributed by atoms with E-state index in [0.717, 1.165) is 15.6 Å². The molecule has 1 atom stereocenters. The molecule has 3 aromatic carbocycles. The minimum Gasteiger partial charge on any atom is -0.345 e. The summed E-state index contributed by atoms with van der Waals surface area (Å²) in [5, 5.41) is 3.85. The van der Waals surface area contributed by atoms with Crippen LogP contribution >= 0.6 is 11.3 Å². The van der Waals surface area contributed by atoms with Crippen molar-refractivity contribution in [3.8, 4) is 0 Å². The molecule has 0 aliphatic heterocycles. The number of sulfonamides is 1. The number of fused-ring (bicyclic) bond motifs is 1. The zero-order valence-corrected chi connectivity index (χ0v) is 18.8. The molecule has 0 aliphatic carbocycles. The maximum absolute atomic E-state index is 12.9. The fraction of sp³-hybridized carbons (Fsp3) is 0.125. The van der Waals surface area contributed by atoms with Crippen LogP contribution in [0.2, 0.25) is 0 Å². The van der Waals surface area contributed by atoms with Gasteiger partial charge in [0.15, 0.2) is 0 Å². The van der Waals surface area contributed by atoms with E-state index >= 15 is 0 Å². The van der Waals surface area contributed by atoms with Crippen molar-refractivity contribution in [2.24, 2.45) is 0 Å². The topological polar surface area (TPSA) is 66.5 Å². The first-order chi connectivity index (χ1) is 14.9. The molecule has 4 aromatic rings. The second-order valence-electron chi connectivity index (χ2n) is 7.22. The van der Waals surface area contributed by atoms with E-state index in [0.29, 0.717) is 10.6 Å². The third-order valence-corrected chi connectivity index (χ3v) is 8.05. The average Bonchev–Trinajstić information content (AvgIpc) is 3.23. The molecular weight excluding hydrogens is 428 g/mol. The lowest BCUT2D eigenvalue weighted by Gasteiger charge is -2.19. The van der Waals surface area contributed by atoms with Crippen LogP contribution in [0.5, 0.6) is 0 Å². The van der Waals surface area contributed by atoms with Crippen LogP contribution < -0.4 is 9.62 Å². The van der Waals surface area contributed by atoms with Gasteiger partial charge in [-0.05, 0) is 54.3 Å². The number of hydrogen-bond acceptors (Lipinski definition) is 4. The molecule has 5 nitrogen and oxygen atoms in total. The highest BCUT2D eigenvalue weighted by Crippen LogP contribution is 2.31. The summed E-state index contributed by atoms with van der Waals surface area (Å²) >= 11 is 1.39. The third kappa shape index (κ3) is 4.33. The number of hydrogen-bond donors (Lipinski definition) is 1. The molecule has 0 saturated carbocycles. The molecule has 1 N–H and O–H groups in total. The first-order valence-corrected chi connectivity index (χ1v) is 12.1. The van der Waals surface area contributed by atoms with Crippen LogP contribution in [0.4, 0.5) is 5.69 Å². The third-order valence-electron chi connectivity index (χ3n) is 5.14. The molecule has 1 aromatic heterocycles. The first kappa shape index (κ1) is 21.1. The number of carbonyl (C=O) groups is 1. The molecule has 0 bridgehead atoms. The van der Waals surface area contributed by atoms with Gasteiger partial charge in [-0.25, -0.2) is 8.42 Å². The van der Waals surface area contributed by atoms with E-state index in [1.165, 1.54) is 22.7 Å². The lowest BCUT2D eigenvalue weighted by molar-refractivity contribution is 0.0944. The molecule has 0 aliphatic rings. The lowest BCUT2D eigenvalue weighted by atomic mass is 10.1. The van der Waals surface area contributed by atoms with Crippen molar-refractivity contribution in [1.29, 1.82) is 0 Å². The number of rotatable bonds is 6. The van der Waals surface area contributed by atoms with Crippen LogP contribution in [0, 0.1) is 0 Å². The van der Waals surface area contributed by atoms with Gasteiger partial charge in [-0.3, -0.25) is 9.10 Å². The van der Waals surface area contributed by atoms with Gasteiger partial charge in [0.05, 0.1) is 21.5 Å². The molecule has 4 rings (SSSR count). The zero-order chi connectivity index (χ0) is 22.0. The van der Waals surface area contributed by atoms with Crippen LogP contribution in [0.3, 0.4) is 0 Å². The van der Waals surface area contributed by atoms with E-state index in [-0.39, 0.29) is 16.8 Å². The maximum atomic E-state index is 12.9. The predicted octanol–water partition coefficient (Wildman–Crippen LogP) is 5.22. The van der Waals surface area contributed by atoms with Gasteiger partial charge >= 0.3 is 0 Å². The summed E-state index contributed by atoms with van der Waals surface area (Å²) in [4.78, 5) is 13.6. The van der Waals surface area contributed by atoms with E-state index in [4.69, 9.17) is 0 Å². The fourth-order valence-corrected chi connectivity index (χ4v) is 5.48. The second-order valence-corrected chi connectivity index (χ2v) is 10.3. The minimum atomic E-state index is -3.66. The fourth-order valence-electron chi connectivity index (χ4n) is 3.32. The summed E-state index contributed by atoms with van der Waals surface area (Å²) in [6.07, 6.45) is 0. The summed E-state index contributed by atoms with van der Waals surface area (Å²) in [7, 11) is -2.13. The Bertz CT molecular complexity index is 1320. The summed E-state index contributed by atoms with van der Waals surface area (Å²) in [6, 6.07) is 25.2. The molecule has 1 heterocycles. The van der Waals surface area contributed by atoms with Crippen LogP contribution in [0.1, 0.15) is 28.2 Å². The smallest absolute Gasteiger partial charge is 0.264 e. The van der Waals surface area contributed by atoms with Crippen molar-refractivity contribution in [1.82, 2.24) is 5.32 Å². The Morgan fingerprint density at radius 1 is 0.935 bits per heavy atom. The van der Waals surface area contributed by atoms with E-state index in [9.17, 15) is 13.2 Å². The van der Waals surface area contributed by atoms with E-state index in [1.54, 1.807) is 48.5 Å². The van der Waals surface area contributed by atoms with Crippen molar-refractivity contribution in [3.63, 3.8) is 0 Å². The van der Waals surface area contributed by atoms with Crippen molar-refractivity contribution in [2.45, 2.75) is 17.9 Å². The molecule has 0 spiro atoms. The molecule has 31 heavy (non-hydrogen) atoms. The van der Waals surface area contributed by atoms with Crippen LogP contribution in [-0.4, -0.2) is 21.4 Å². The van der Waals surface area contributed by atoms with E-state index < -0.39 is 10.0 Å². The Labute approximate surface area is 186 Å². The SMILES string of the molecule is C[C@@H](NC(=O)c1cc2cc(N(C)S(=O)(=O)c3ccccc3)ccc2s1)c1ccccc1. The Balaban J connectivity index is 1.58. The molecule has 0 unspecified atom stereocenters. The molecule has 0 saturated heterocycles. The van der Waals surface area contributed by atoms with E-state index in [1.807, 2.05) is 43.3 Å². The van der Waals surface area contributed by atoms with Gasteiger partial charge in [-0.1, -0.05) is 48.5 Å². The highest BCUT2D eigenvalue weighted by molar-refractivity contribution is 7.92. The molecule has 7 heteroatoms. The van der Waals surface area contributed by atoms with Crippen molar-refractivity contribution >= 4 is 43.0 Å². The Hall–Kier alpha value is -3.16. The summed E-state index contributed by atoms with van der Waals surface area (Å²) < 4.78 is 28.0. The van der Waals surface area contributed by atoms with Crippen molar-refractivity contribution < 1.29 is 13.2 Å². The largest absolute Gasteiger partial charge is 0.345 e. The zero-order valence-electron chi connectivity index (χ0n) is 17.1. The monoisotopic (exact) mass is 450 g/mol. The van der Waals surface area contributed by atoms with Gasteiger partial charge in [-0.2, -0.15) is 0 Å². The minimum absolute atomic E-state index is 0.114. The normalized spacial score (nSPS) is 12.5. The summed E-state index contributed by atoms with van der Waals surface area (Å²) in [5.74, 6) is -0.149. The van der Waals surface area contributed by atoms with Crippen LogP contribution in [0.25, 0.3) is 10.1 Å². The van der Waals surface area contributed by atoms with Gasteiger partial charge in [0.25, 0.3) is 15.9 Å². The first-order valence-electron chi connectivity index (χ1n) is 9.79. The number of carbonyl (C=O) groups excluding carboxylic acids is 1. The number of thiophene rings is 1. The summed E-state index contributed by atoms with van der Waals surface area (Å²) in [5.41, 5.74) is 1.57. The van der Waals surface area contributed by atoms with Crippen molar-refractivity contribution in [3.05, 3.63) is 95.4 Å². The van der Waals surface area contributed by atoms with E-state index in [2.05, 4.69) is 5.32 Å². The Morgan fingerprint density at radius 2 is 1.58 bits per heavy atom. The van der Waals surface area contributed by atoms with Gasteiger partial charge in [0.1, 0.15) is 0 Å². The van der Waals surface area contributed by atoms with Gasteiger partial charge < -0.3 is 5.32 Å². The second kappa shape index (κ2) is 8.53.